The summed E-state index contributed by atoms with van der Waals surface area (Å²) in [6.45, 7) is 17.5. The minimum atomic E-state index is -0.287. The summed E-state index contributed by atoms with van der Waals surface area (Å²) in [4.78, 5) is 55.0. The van der Waals surface area contributed by atoms with Gasteiger partial charge in [0.15, 0.2) is 0 Å². The van der Waals surface area contributed by atoms with E-state index in [0.29, 0.717) is 50.1 Å². The third-order valence-corrected chi connectivity index (χ3v) is 17.3. The van der Waals surface area contributed by atoms with Gasteiger partial charge in [-0.2, -0.15) is 0 Å². The van der Waals surface area contributed by atoms with Crippen LogP contribution in [0.1, 0.15) is 246 Å². The van der Waals surface area contributed by atoms with E-state index >= 15 is 0 Å². The van der Waals surface area contributed by atoms with Gasteiger partial charge in [-0.1, -0.05) is 178 Å². The van der Waals surface area contributed by atoms with Crippen LogP contribution in [0.15, 0.2) is 0 Å². The Hall–Kier alpha value is -1.50. The number of carbonyl (C=O) groups is 4. The fraction of sp³-hybridized carbons (Fsp3) is 0.931. The molecule has 0 radical (unpaired) electrons. The van der Waals surface area contributed by atoms with Gasteiger partial charge in [0.2, 0.25) is 0 Å². The largest absolute Gasteiger partial charge is 0.466 e. The van der Waals surface area contributed by atoms with Crippen LogP contribution < -0.4 is 0 Å². The van der Waals surface area contributed by atoms with Crippen LogP contribution >= 0.6 is 21.6 Å². The zero-order valence-electron chi connectivity index (χ0n) is 45.8. The molecule has 410 valence electrons. The molecule has 2 rings (SSSR count). The highest BCUT2D eigenvalue weighted by Gasteiger charge is 2.22. The molecule has 2 aliphatic heterocycles. The van der Waals surface area contributed by atoms with Crippen LogP contribution in [0.5, 0.6) is 0 Å². The van der Waals surface area contributed by atoms with E-state index in [1.807, 2.05) is 21.6 Å². The van der Waals surface area contributed by atoms with E-state index in [-0.39, 0.29) is 49.6 Å². The number of esters is 4. The Morgan fingerprint density at radius 2 is 0.700 bits per heavy atom. The Kier molecular flexibility index (Phi) is 42.5. The number of piperidine rings is 2. The fourth-order valence-electron chi connectivity index (χ4n) is 10.0. The zero-order chi connectivity index (χ0) is 50.5. The molecule has 0 aromatic rings. The van der Waals surface area contributed by atoms with E-state index < -0.39 is 0 Å². The lowest BCUT2D eigenvalue weighted by atomic mass is 9.94. The molecule has 0 saturated carbocycles. The van der Waals surface area contributed by atoms with Crippen molar-refractivity contribution in [1.29, 1.82) is 0 Å². The minimum Gasteiger partial charge on any atom is -0.466 e. The Balaban J connectivity index is 1.44. The van der Waals surface area contributed by atoms with Crippen LogP contribution in [-0.2, 0) is 38.1 Å². The number of ether oxygens (including phenoxy) is 4. The summed E-state index contributed by atoms with van der Waals surface area (Å²) in [5.41, 5.74) is 0. The van der Waals surface area contributed by atoms with Crippen molar-refractivity contribution in [2.45, 2.75) is 246 Å². The van der Waals surface area contributed by atoms with Gasteiger partial charge >= 0.3 is 23.9 Å². The molecular formula is C58H108N2O8S2. The highest BCUT2D eigenvalue weighted by atomic mass is 33.1. The van der Waals surface area contributed by atoms with Crippen molar-refractivity contribution in [2.75, 3.05) is 77.2 Å². The summed E-state index contributed by atoms with van der Waals surface area (Å²) in [5, 5.41) is 0. The van der Waals surface area contributed by atoms with Gasteiger partial charge in [0.1, 0.15) is 0 Å². The number of carbonyl (C=O) groups excluding carboxylic acids is 4. The van der Waals surface area contributed by atoms with Gasteiger partial charge in [0.25, 0.3) is 0 Å². The molecule has 12 heteroatoms. The standard InChI is InChI=1S/C58H108N2O8S2/c1-5-9-13-17-19-23-27-53(25-21-15-11-7-3)49-67-57(63)31-29-55(61)65-45-37-51-33-39-59(40-34-51)43-47-69-70-48-44-60-41-35-52(36-42-60)38-46-66-56(62)30-32-58(64)68-50-54(26-22-16-12-8-4)28-24-20-18-14-10-6-2/h51-54H,5-50H2,1-4H3. The average Bonchev–Trinajstić information content (AvgIpc) is 3.37. The monoisotopic (exact) mass is 1020 g/mol. The van der Waals surface area contributed by atoms with Crippen molar-refractivity contribution >= 4 is 45.5 Å². The molecule has 0 N–H and O–H groups in total. The third kappa shape index (κ3) is 37.3. The van der Waals surface area contributed by atoms with Crippen molar-refractivity contribution in [3.63, 3.8) is 0 Å². The summed E-state index contributed by atoms with van der Waals surface area (Å²) < 4.78 is 22.4. The molecule has 2 saturated heterocycles. The lowest BCUT2D eigenvalue weighted by molar-refractivity contribution is -0.151. The van der Waals surface area contributed by atoms with Crippen LogP contribution in [0.25, 0.3) is 0 Å². The van der Waals surface area contributed by atoms with Crippen LogP contribution in [0.3, 0.4) is 0 Å². The zero-order valence-corrected chi connectivity index (χ0v) is 47.4. The first-order valence-corrected chi connectivity index (χ1v) is 32.1. The molecule has 2 atom stereocenters. The Bertz CT molecular complexity index is 1170. The van der Waals surface area contributed by atoms with Crippen molar-refractivity contribution in [1.82, 2.24) is 9.80 Å². The maximum Gasteiger partial charge on any atom is 0.306 e. The van der Waals surface area contributed by atoms with Crippen LogP contribution in [-0.4, -0.2) is 111 Å². The van der Waals surface area contributed by atoms with Crippen molar-refractivity contribution in [2.24, 2.45) is 23.7 Å². The summed E-state index contributed by atoms with van der Waals surface area (Å²) in [7, 11) is 3.98. The van der Waals surface area contributed by atoms with E-state index in [0.717, 1.165) is 115 Å². The Morgan fingerprint density at radius 3 is 1.03 bits per heavy atom. The SMILES string of the molecule is CCCCCCCCC(CCCCCC)COC(=O)CCC(=O)OCCC1CCN(CCSSCCN2CCC(CCOC(=O)CCC(=O)OCC(CCCCCC)CCCCCCCC)CC2)CC1. The Labute approximate surface area is 438 Å². The Morgan fingerprint density at radius 1 is 0.414 bits per heavy atom. The highest BCUT2D eigenvalue weighted by Crippen LogP contribution is 2.27. The quantitative estimate of drug-likeness (QED) is 0.0250. The first-order valence-electron chi connectivity index (χ1n) is 29.6. The predicted octanol–water partition coefficient (Wildman–Crippen LogP) is 15.0. The molecule has 0 aromatic carbocycles. The van der Waals surface area contributed by atoms with Gasteiger partial charge < -0.3 is 28.7 Å². The number of unbranched alkanes of at least 4 members (excludes halogenated alkanes) is 16. The van der Waals surface area contributed by atoms with Crippen LogP contribution in [0, 0.1) is 23.7 Å². The number of hydrogen-bond acceptors (Lipinski definition) is 12. The van der Waals surface area contributed by atoms with Crippen molar-refractivity contribution < 1.29 is 38.1 Å². The lowest BCUT2D eigenvalue weighted by Crippen LogP contribution is -2.36. The summed E-state index contributed by atoms with van der Waals surface area (Å²) in [6, 6.07) is 0. The van der Waals surface area contributed by atoms with Crippen molar-refractivity contribution in [3.05, 3.63) is 0 Å². The van der Waals surface area contributed by atoms with E-state index in [1.54, 1.807) is 0 Å². The normalized spacial score (nSPS) is 16.0. The minimum absolute atomic E-state index is 0.104. The van der Waals surface area contributed by atoms with Gasteiger partial charge in [-0.05, 0) is 114 Å². The summed E-state index contributed by atoms with van der Waals surface area (Å²) >= 11 is 0. The van der Waals surface area contributed by atoms with Gasteiger partial charge in [-0.25, -0.2) is 0 Å². The van der Waals surface area contributed by atoms with Crippen molar-refractivity contribution in [3.8, 4) is 0 Å². The lowest BCUT2D eigenvalue weighted by Gasteiger charge is -2.32. The molecule has 0 bridgehead atoms. The molecule has 0 amide bonds. The molecule has 10 nitrogen and oxygen atoms in total. The average molecular weight is 1030 g/mol. The van der Waals surface area contributed by atoms with Gasteiger partial charge in [-0.15, -0.1) is 0 Å². The molecule has 2 unspecified atom stereocenters. The number of rotatable bonds is 47. The van der Waals surface area contributed by atoms with Crippen LogP contribution in [0.4, 0.5) is 0 Å². The molecule has 0 aromatic heterocycles. The number of nitrogens with zero attached hydrogens (tertiary/aromatic N) is 2. The molecule has 0 spiro atoms. The van der Waals surface area contributed by atoms with E-state index in [1.165, 1.54) is 128 Å². The highest BCUT2D eigenvalue weighted by molar-refractivity contribution is 8.76. The fourth-order valence-corrected chi connectivity index (χ4v) is 12.1. The first kappa shape index (κ1) is 64.6. The van der Waals surface area contributed by atoms with Crippen LogP contribution in [0.2, 0.25) is 0 Å². The molecule has 0 aliphatic carbocycles. The summed E-state index contributed by atoms with van der Waals surface area (Å²) in [6.07, 6.45) is 36.6. The van der Waals surface area contributed by atoms with E-state index in [4.69, 9.17) is 18.9 Å². The van der Waals surface area contributed by atoms with E-state index in [9.17, 15) is 19.2 Å². The third-order valence-electron chi connectivity index (χ3n) is 14.9. The maximum absolute atomic E-state index is 12.5. The number of likely N-dealkylation sites (tertiary alicyclic amines) is 2. The van der Waals surface area contributed by atoms with Gasteiger partial charge in [0.05, 0.1) is 52.1 Å². The second-order valence-corrected chi connectivity index (χ2v) is 23.8. The molecular weight excluding hydrogens is 917 g/mol. The maximum atomic E-state index is 12.5. The first-order chi connectivity index (χ1) is 34.3. The molecule has 2 aliphatic rings. The smallest absolute Gasteiger partial charge is 0.306 e. The number of hydrogen-bond donors (Lipinski definition) is 0. The van der Waals surface area contributed by atoms with E-state index in [2.05, 4.69) is 37.5 Å². The predicted molar refractivity (Wildman–Crippen MR) is 295 cm³/mol. The molecule has 70 heavy (non-hydrogen) atoms. The second kappa shape index (κ2) is 46.1. The van der Waals surface area contributed by atoms with Gasteiger partial charge in [0, 0.05) is 24.6 Å². The van der Waals surface area contributed by atoms with Gasteiger partial charge in [-0.3, -0.25) is 19.2 Å². The second-order valence-electron chi connectivity index (χ2n) is 21.1. The summed E-state index contributed by atoms with van der Waals surface area (Å²) in [5.74, 6) is 3.19. The topological polar surface area (TPSA) is 112 Å². The molecule has 2 fully saturated rings. The molecule has 2 heterocycles.